The normalized spacial score (nSPS) is 16.6. The van der Waals surface area contributed by atoms with Crippen molar-refractivity contribution >= 4 is 22.2 Å². The van der Waals surface area contributed by atoms with E-state index in [0.717, 1.165) is 43.8 Å². The fraction of sp³-hybridized carbons (Fsp3) is 0.583. The highest BCUT2D eigenvalue weighted by atomic mass is 32.1. The highest BCUT2D eigenvalue weighted by Crippen LogP contribution is 2.26. The van der Waals surface area contributed by atoms with Crippen molar-refractivity contribution in [2.45, 2.75) is 12.8 Å². The molecule has 1 saturated heterocycles. The number of nitro groups is 1. The van der Waals surface area contributed by atoms with Crippen molar-refractivity contribution in [1.82, 2.24) is 10.2 Å². The SMILES string of the molecule is CNCC1CCN(C(=O)c2ccc([N+](=O)[O-])s2)CC1. The lowest BCUT2D eigenvalue weighted by Gasteiger charge is -2.31. The Hall–Kier alpha value is -1.47. The minimum absolute atomic E-state index is 0.0217. The predicted molar refractivity (Wildman–Crippen MR) is 73.5 cm³/mol. The summed E-state index contributed by atoms with van der Waals surface area (Å²) in [6, 6.07) is 2.94. The third kappa shape index (κ3) is 3.30. The van der Waals surface area contributed by atoms with Crippen molar-refractivity contribution < 1.29 is 9.72 Å². The van der Waals surface area contributed by atoms with Gasteiger partial charge in [0.25, 0.3) is 5.91 Å². The summed E-state index contributed by atoms with van der Waals surface area (Å²) in [6.45, 7) is 2.44. The van der Waals surface area contributed by atoms with Gasteiger partial charge in [0, 0.05) is 19.2 Å². The summed E-state index contributed by atoms with van der Waals surface area (Å²) >= 11 is 0.951. The van der Waals surface area contributed by atoms with Crippen LogP contribution in [0.2, 0.25) is 0 Å². The van der Waals surface area contributed by atoms with E-state index >= 15 is 0 Å². The molecule has 0 bridgehead atoms. The molecule has 1 aliphatic rings. The first-order chi connectivity index (χ1) is 9.11. The van der Waals surface area contributed by atoms with Crippen LogP contribution in [0.1, 0.15) is 22.5 Å². The van der Waals surface area contributed by atoms with Gasteiger partial charge in [0.1, 0.15) is 0 Å². The Balaban J connectivity index is 1.95. The molecule has 0 saturated carbocycles. The molecular weight excluding hydrogens is 266 g/mol. The molecule has 6 nitrogen and oxygen atoms in total. The molecule has 0 aromatic carbocycles. The molecule has 1 aromatic heterocycles. The van der Waals surface area contributed by atoms with Gasteiger partial charge in [-0.2, -0.15) is 0 Å². The van der Waals surface area contributed by atoms with Crippen LogP contribution in [0, 0.1) is 16.0 Å². The Kier molecular flexibility index (Phi) is 4.49. The van der Waals surface area contributed by atoms with Gasteiger partial charge < -0.3 is 10.2 Å². The summed E-state index contributed by atoms with van der Waals surface area (Å²) < 4.78 is 0. The summed E-state index contributed by atoms with van der Waals surface area (Å²) in [5, 5.41) is 13.8. The van der Waals surface area contributed by atoms with E-state index in [2.05, 4.69) is 5.32 Å². The van der Waals surface area contributed by atoms with Gasteiger partial charge in [-0.1, -0.05) is 11.3 Å². The van der Waals surface area contributed by atoms with Crippen molar-refractivity contribution in [3.05, 3.63) is 27.1 Å². The number of nitrogens with zero attached hydrogens (tertiary/aromatic N) is 2. The van der Waals surface area contributed by atoms with Crippen LogP contribution in [-0.2, 0) is 0 Å². The molecule has 104 valence electrons. The van der Waals surface area contributed by atoms with Gasteiger partial charge in [0.05, 0.1) is 9.80 Å². The highest BCUT2D eigenvalue weighted by Gasteiger charge is 2.25. The van der Waals surface area contributed by atoms with Gasteiger partial charge in [0.15, 0.2) is 0 Å². The topological polar surface area (TPSA) is 75.5 Å². The zero-order chi connectivity index (χ0) is 13.8. The second-order valence-electron chi connectivity index (χ2n) is 4.69. The Morgan fingerprint density at radius 2 is 2.21 bits per heavy atom. The molecule has 0 atom stereocenters. The van der Waals surface area contributed by atoms with Crippen LogP contribution in [0.25, 0.3) is 0 Å². The monoisotopic (exact) mass is 283 g/mol. The smallest absolute Gasteiger partial charge is 0.324 e. The molecule has 1 fully saturated rings. The summed E-state index contributed by atoms with van der Waals surface area (Å²) in [7, 11) is 1.93. The third-order valence-corrected chi connectivity index (χ3v) is 4.40. The first-order valence-corrected chi connectivity index (χ1v) is 7.11. The van der Waals surface area contributed by atoms with E-state index in [9.17, 15) is 14.9 Å². The fourth-order valence-corrected chi connectivity index (χ4v) is 3.11. The zero-order valence-electron chi connectivity index (χ0n) is 10.8. The van der Waals surface area contributed by atoms with Crippen molar-refractivity contribution in [3.63, 3.8) is 0 Å². The number of carbonyl (C=O) groups is 1. The van der Waals surface area contributed by atoms with Crippen molar-refractivity contribution in [2.24, 2.45) is 5.92 Å². The van der Waals surface area contributed by atoms with E-state index in [0.29, 0.717) is 10.8 Å². The van der Waals surface area contributed by atoms with E-state index in [-0.39, 0.29) is 10.9 Å². The van der Waals surface area contributed by atoms with Crippen LogP contribution in [0.3, 0.4) is 0 Å². The van der Waals surface area contributed by atoms with Crippen molar-refractivity contribution in [2.75, 3.05) is 26.7 Å². The molecule has 0 unspecified atom stereocenters. The molecule has 2 heterocycles. The predicted octanol–water partition coefficient (Wildman–Crippen LogP) is 1.73. The highest BCUT2D eigenvalue weighted by molar-refractivity contribution is 7.17. The van der Waals surface area contributed by atoms with Crippen molar-refractivity contribution in [3.8, 4) is 0 Å². The van der Waals surface area contributed by atoms with E-state index in [1.807, 2.05) is 7.05 Å². The number of piperidine rings is 1. The summed E-state index contributed by atoms with van der Waals surface area (Å²) in [6.07, 6.45) is 1.97. The van der Waals surface area contributed by atoms with Gasteiger partial charge >= 0.3 is 5.00 Å². The summed E-state index contributed by atoms with van der Waals surface area (Å²) in [5.41, 5.74) is 0. The van der Waals surface area contributed by atoms with E-state index in [4.69, 9.17) is 0 Å². The van der Waals surface area contributed by atoms with Crippen LogP contribution in [0.5, 0.6) is 0 Å². The zero-order valence-corrected chi connectivity index (χ0v) is 11.6. The summed E-state index contributed by atoms with van der Waals surface area (Å²) in [4.78, 5) is 24.6. The number of amides is 1. The molecule has 0 aliphatic carbocycles. The van der Waals surface area contributed by atoms with Crippen LogP contribution in [0.15, 0.2) is 12.1 Å². The quantitative estimate of drug-likeness (QED) is 0.674. The maximum Gasteiger partial charge on any atom is 0.324 e. The van der Waals surface area contributed by atoms with Crippen LogP contribution >= 0.6 is 11.3 Å². The minimum Gasteiger partial charge on any atom is -0.338 e. The Morgan fingerprint density at radius 1 is 1.53 bits per heavy atom. The average Bonchev–Trinajstić information content (AvgIpc) is 2.89. The first kappa shape index (κ1) is 14.0. The maximum absolute atomic E-state index is 12.2. The van der Waals surface area contributed by atoms with Crippen molar-refractivity contribution in [1.29, 1.82) is 0 Å². The standard InChI is InChI=1S/C12H17N3O3S/c1-13-8-9-4-6-14(7-5-9)12(16)10-2-3-11(19-10)15(17)18/h2-3,9,13H,4-8H2,1H3. The van der Waals surface area contributed by atoms with E-state index in [1.165, 1.54) is 6.07 Å². The average molecular weight is 283 g/mol. The van der Waals surface area contributed by atoms with Gasteiger partial charge in [-0.3, -0.25) is 14.9 Å². The number of thiophene rings is 1. The number of hydrogen-bond donors (Lipinski definition) is 1. The molecule has 0 spiro atoms. The molecule has 1 aliphatic heterocycles. The number of rotatable bonds is 4. The van der Waals surface area contributed by atoms with Gasteiger partial charge in [-0.05, 0) is 38.4 Å². The van der Waals surface area contributed by atoms with Gasteiger partial charge in [-0.15, -0.1) is 0 Å². The van der Waals surface area contributed by atoms with E-state index in [1.54, 1.807) is 11.0 Å². The molecule has 0 radical (unpaired) electrons. The lowest BCUT2D eigenvalue weighted by atomic mass is 9.97. The Bertz CT molecular complexity index is 467. The number of carbonyl (C=O) groups excluding carboxylic acids is 1. The van der Waals surface area contributed by atoms with Gasteiger partial charge in [-0.25, -0.2) is 0 Å². The number of likely N-dealkylation sites (tertiary alicyclic amines) is 1. The largest absolute Gasteiger partial charge is 0.338 e. The minimum atomic E-state index is -0.458. The molecular formula is C12H17N3O3S. The van der Waals surface area contributed by atoms with Crippen LogP contribution in [-0.4, -0.2) is 42.4 Å². The molecule has 1 aromatic rings. The third-order valence-electron chi connectivity index (χ3n) is 3.38. The van der Waals surface area contributed by atoms with E-state index < -0.39 is 4.92 Å². The number of hydrogen-bond acceptors (Lipinski definition) is 5. The second-order valence-corrected chi connectivity index (χ2v) is 5.75. The van der Waals surface area contributed by atoms with Gasteiger partial charge in [0.2, 0.25) is 0 Å². The number of nitrogens with one attached hydrogen (secondary N) is 1. The lowest BCUT2D eigenvalue weighted by molar-refractivity contribution is -0.380. The first-order valence-electron chi connectivity index (χ1n) is 6.30. The molecule has 1 N–H and O–H groups in total. The lowest BCUT2D eigenvalue weighted by Crippen LogP contribution is -2.40. The maximum atomic E-state index is 12.2. The fourth-order valence-electron chi connectivity index (χ4n) is 2.33. The summed E-state index contributed by atoms with van der Waals surface area (Å²) in [5.74, 6) is 0.535. The Morgan fingerprint density at radius 3 is 2.74 bits per heavy atom. The molecule has 7 heteroatoms. The molecule has 2 rings (SSSR count). The molecule has 19 heavy (non-hydrogen) atoms. The van der Waals surface area contributed by atoms with Crippen LogP contribution < -0.4 is 5.32 Å². The Labute approximate surface area is 115 Å². The second kappa shape index (κ2) is 6.12. The molecule has 1 amide bonds. The van der Waals surface area contributed by atoms with Crippen LogP contribution in [0.4, 0.5) is 5.00 Å².